The Balaban J connectivity index is 2.18. The van der Waals surface area contributed by atoms with E-state index in [0.717, 1.165) is 19.6 Å². The van der Waals surface area contributed by atoms with E-state index in [1.807, 2.05) is 0 Å². The van der Waals surface area contributed by atoms with Gasteiger partial charge in [-0.15, -0.1) is 0 Å². The van der Waals surface area contributed by atoms with Crippen molar-refractivity contribution in [2.75, 3.05) is 31.6 Å². The smallest absolute Gasteiger partial charge is 0.0414 e. The molecule has 0 amide bonds. The van der Waals surface area contributed by atoms with Crippen molar-refractivity contribution in [2.24, 2.45) is 0 Å². The molecule has 0 spiro atoms. The van der Waals surface area contributed by atoms with Gasteiger partial charge in [-0.3, -0.25) is 0 Å². The fourth-order valence-corrected chi connectivity index (χ4v) is 3.03. The van der Waals surface area contributed by atoms with E-state index >= 15 is 0 Å². The van der Waals surface area contributed by atoms with Gasteiger partial charge in [0.25, 0.3) is 0 Å². The second-order valence-electron chi connectivity index (χ2n) is 7.39. The Morgan fingerprint density at radius 3 is 2.62 bits per heavy atom. The van der Waals surface area contributed by atoms with Gasteiger partial charge in [-0.05, 0) is 59.3 Å². The summed E-state index contributed by atoms with van der Waals surface area (Å²) in [5.41, 5.74) is 2.96. The molecule has 1 aliphatic rings. The molecule has 1 aromatic carbocycles. The van der Waals surface area contributed by atoms with E-state index in [9.17, 15) is 0 Å². The van der Waals surface area contributed by atoms with E-state index in [1.165, 1.54) is 24.2 Å². The predicted molar refractivity (Wildman–Crippen MR) is 92.0 cm³/mol. The van der Waals surface area contributed by atoms with Crippen molar-refractivity contribution in [3.8, 4) is 0 Å². The summed E-state index contributed by atoms with van der Waals surface area (Å²) < 4.78 is 0. The van der Waals surface area contributed by atoms with Crippen molar-refractivity contribution in [1.29, 1.82) is 0 Å². The third-order valence-electron chi connectivity index (χ3n) is 4.16. The highest BCUT2D eigenvalue weighted by Gasteiger charge is 2.22. The minimum atomic E-state index is 0.151. The lowest BCUT2D eigenvalue weighted by molar-refractivity contribution is 0.337. The van der Waals surface area contributed by atoms with Crippen LogP contribution in [0, 0.1) is 0 Å². The normalized spacial score (nSPS) is 21.4. The summed E-state index contributed by atoms with van der Waals surface area (Å²) in [5, 5.41) is 3.62. The Labute approximate surface area is 130 Å². The third kappa shape index (κ3) is 4.72. The number of benzene rings is 1. The fraction of sp³-hybridized carbons (Fsp3) is 0.667. The Kier molecular flexibility index (Phi) is 5.28. The van der Waals surface area contributed by atoms with Crippen molar-refractivity contribution in [3.63, 3.8) is 0 Å². The summed E-state index contributed by atoms with van der Waals surface area (Å²) >= 11 is 0. The molecular formula is C18H31N3. The molecule has 1 aliphatic heterocycles. The predicted octanol–water partition coefficient (Wildman–Crippen LogP) is 3.11. The molecule has 1 heterocycles. The number of nitrogens with zero attached hydrogens (tertiary/aromatic N) is 2. The summed E-state index contributed by atoms with van der Waals surface area (Å²) in [6.07, 6.45) is 1.24. The SMILES string of the molecule is CC1CN(C)CCCN1c1ccccc1CNC(C)(C)C. The first-order valence-corrected chi connectivity index (χ1v) is 8.15. The number of hydrogen-bond acceptors (Lipinski definition) is 3. The number of rotatable bonds is 3. The van der Waals surface area contributed by atoms with Crippen LogP contribution in [0.5, 0.6) is 0 Å². The van der Waals surface area contributed by atoms with Gasteiger partial charge in [-0.2, -0.15) is 0 Å². The van der Waals surface area contributed by atoms with Crippen molar-refractivity contribution < 1.29 is 0 Å². The zero-order chi connectivity index (χ0) is 15.5. The molecule has 0 aromatic heterocycles. The van der Waals surface area contributed by atoms with Crippen LogP contribution in [-0.4, -0.2) is 43.2 Å². The van der Waals surface area contributed by atoms with E-state index < -0.39 is 0 Å². The van der Waals surface area contributed by atoms with Crippen molar-refractivity contribution >= 4 is 5.69 Å². The summed E-state index contributed by atoms with van der Waals surface area (Å²) in [7, 11) is 2.23. The highest BCUT2D eigenvalue weighted by atomic mass is 15.2. The first-order valence-electron chi connectivity index (χ1n) is 8.15. The Hall–Kier alpha value is -1.06. The number of likely N-dealkylation sites (N-methyl/N-ethyl adjacent to an activating group) is 1. The number of anilines is 1. The molecule has 0 bridgehead atoms. The minimum absolute atomic E-state index is 0.151. The van der Waals surface area contributed by atoms with Crippen molar-refractivity contribution in [3.05, 3.63) is 29.8 Å². The molecule has 0 saturated carbocycles. The van der Waals surface area contributed by atoms with E-state index in [1.54, 1.807) is 0 Å². The van der Waals surface area contributed by atoms with E-state index in [2.05, 4.69) is 74.1 Å². The first kappa shape index (κ1) is 16.3. The number of para-hydroxylation sites is 1. The Bertz CT molecular complexity index is 450. The Morgan fingerprint density at radius 2 is 1.90 bits per heavy atom. The monoisotopic (exact) mass is 289 g/mol. The largest absolute Gasteiger partial charge is 0.367 e. The maximum atomic E-state index is 3.62. The molecule has 0 aliphatic carbocycles. The van der Waals surface area contributed by atoms with Crippen molar-refractivity contribution in [2.45, 2.75) is 52.2 Å². The van der Waals surface area contributed by atoms with Gasteiger partial charge in [-0.25, -0.2) is 0 Å². The second kappa shape index (κ2) is 6.80. The van der Waals surface area contributed by atoms with Gasteiger partial charge in [0.05, 0.1) is 0 Å². The van der Waals surface area contributed by atoms with Gasteiger partial charge in [0.15, 0.2) is 0 Å². The lowest BCUT2D eigenvalue weighted by Crippen LogP contribution is -2.39. The summed E-state index contributed by atoms with van der Waals surface area (Å²) in [6.45, 7) is 13.4. The molecule has 3 heteroatoms. The lowest BCUT2D eigenvalue weighted by Gasteiger charge is -2.32. The molecule has 1 atom stereocenters. The maximum Gasteiger partial charge on any atom is 0.0414 e. The van der Waals surface area contributed by atoms with Crippen LogP contribution in [0.3, 0.4) is 0 Å². The molecular weight excluding hydrogens is 258 g/mol. The standard InChI is InChI=1S/C18H31N3/c1-15-14-20(5)11-8-12-21(15)17-10-7-6-9-16(17)13-19-18(2,3)4/h6-7,9-10,15,19H,8,11-14H2,1-5H3. The molecule has 3 nitrogen and oxygen atoms in total. The topological polar surface area (TPSA) is 18.5 Å². The highest BCUT2D eigenvalue weighted by molar-refractivity contribution is 5.54. The average Bonchev–Trinajstić information content (AvgIpc) is 2.56. The zero-order valence-electron chi connectivity index (χ0n) is 14.3. The van der Waals surface area contributed by atoms with Crippen LogP contribution in [0.1, 0.15) is 39.7 Å². The summed E-state index contributed by atoms with van der Waals surface area (Å²) in [5.74, 6) is 0. The molecule has 118 valence electrons. The molecule has 1 unspecified atom stereocenters. The summed E-state index contributed by atoms with van der Waals surface area (Å²) in [6, 6.07) is 9.42. The highest BCUT2D eigenvalue weighted by Crippen LogP contribution is 2.25. The molecule has 1 fully saturated rings. The van der Waals surface area contributed by atoms with Crippen molar-refractivity contribution in [1.82, 2.24) is 10.2 Å². The molecule has 1 aromatic rings. The fourth-order valence-electron chi connectivity index (χ4n) is 3.03. The molecule has 1 saturated heterocycles. The summed E-state index contributed by atoms with van der Waals surface area (Å²) in [4.78, 5) is 5.03. The van der Waals surface area contributed by atoms with Crippen LogP contribution in [0.15, 0.2) is 24.3 Å². The van der Waals surface area contributed by atoms with Gasteiger partial charge in [-0.1, -0.05) is 18.2 Å². The average molecular weight is 289 g/mol. The minimum Gasteiger partial charge on any atom is -0.367 e. The zero-order valence-corrected chi connectivity index (χ0v) is 14.3. The molecule has 1 N–H and O–H groups in total. The quantitative estimate of drug-likeness (QED) is 0.922. The molecule has 2 rings (SSSR count). The third-order valence-corrected chi connectivity index (χ3v) is 4.16. The Morgan fingerprint density at radius 1 is 1.19 bits per heavy atom. The maximum absolute atomic E-state index is 3.62. The molecule has 21 heavy (non-hydrogen) atoms. The van der Waals surface area contributed by atoms with E-state index in [4.69, 9.17) is 0 Å². The van der Waals surface area contributed by atoms with Gasteiger partial charge in [0, 0.05) is 36.9 Å². The van der Waals surface area contributed by atoms with Crippen LogP contribution < -0.4 is 10.2 Å². The van der Waals surface area contributed by atoms with E-state index in [-0.39, 0.29) is 5.54 Å². The van der Waals surface area contributed by atoms with Gasteiger partial charge < -0.3 is 15.1 Å². The second-order valence-corrected chi connectivity index (χ2v) is 7.39. The number of hydrogen-bond donors (Lipinski definition) is 1. The van der Waals surface area contributed by atoms with Crippen LogP contribution >= 0.6 is 0 Å². The lowest BCUT2D eigenvalue weighted by atomic mass is 10.1. The van der Waals surface area contributed by atoms with Crippen LogP contribution in [0.25, 0.3) is 0 Å². The first-order chi connectivity index (χ1) is 9.87. The van der Waals surface area contributed by atoms with Crippen LogP contribution in [0.4, 0.5) is 5.69 Å². The van der Waals surface area contributed by atoms with Crippen LogP contribution in [-0.2, 0) is 6.54 Å². The van der Waals surface area contributed by atoms with Crippen LogP contribution in [0.2, 0.25) is 0 Å². The van der Waals surface area contributed by atoms with Gasteiger partial charge in [0.2, 0.25) is 0 Å². The van der Waals surface area contributed by atoms with Gasteiger partial charge >= 0.3 is 0 Å². The number of nitrogens with one attached hydrogen (secondary N) is 1. The van der Waals surface area contributed by atoms with Gasteiger partial charge in [0.1, 0.15) is 0 Å². The molecule has 0 radical (unpaired) electrons. The van der Waals surface area contributed by atoms with E-state index in [0.29, 0.717) is 6.04 Å².